The van der Waals surface area contributed by atoms with Gasteiger partial charge in [0.25, 0.3) is 0 Å². The summed E-state index contributed by atoms with van der Waals surface area (Å²) in [5.74, 6) is 0.252. The van der Waals surface area contributed by atoms with Crippen molar-refractivity contribution in [3.63, 3.8) is 0 Å². The first kappa shape index (κ1) is 33.3. The molecule has 0 aliphatic heterocycles. The molecule has 0 unspecified atom stereocenters. The van der Waals surface area contributed by atoms with Crippen molar-refractivity contribution in [1.29, 1.82) is 0 Å². The fourth-order valence-corrected chi connectivity index (χ4v) is 7.82. The normalized spacial score (nSPS) is 10.8. The van der Waals surface area contributed by atoms with E-state index in [1.165, 1.54) is 45.3 Å². The lowest BCUT2D eigenvalue weighted by atomic mass is 9.88. The molecule has 0 saturated heterocycles. The van der Waals surface area contributed by atoms with E-state index >= 15 is 0 Å². The minimum atomic E-state index is -0.0830. The largest absolute Gasteiger partial charge is 0.293 e. The van der Waals surface area contributed by atoms with Gasteiger partial charge in [-0.05, 0) is 68.7 Å². The molecule has 0 atom stereocenters. The number of hydrogen-bond acceptors (Lipinski definition) is 8. The molecule has 4 heterocycles. The molecule has 0 amide bonds. The van der Waals surface area contributed by atoms with Gasteiger partial charge in [0.15, 0.2) is 23.1 Å². The van der Waals surface area contributed by atoms with Crippen LogP contribution >= 0.6 is 45.3 Å². The standard InChI is InChI=1S/2C19H16O2S2/c2*20-16(18-8-4-10-22-18)12-15(14-6-2-1-3-7-14)13-17(21)19-9-5-11-23-19/h2*1-11,15H,12-13H2. The zero-order valence-corrected chi connectivity index (χ0v) is 28.2. The molecule has 0 aliphatic rings. The second-order valence-electron chi connectivity index (χ2n) is 10.6. The molecule has 0 bridgehead atoms. The van der Waals surface area contributed by atoms with Crippen molar-refractivity contribution in [2.75, 3.05) is 0 Å². The van der Waals surface area contributed by atoms with E-state index in [0.29, 0.717) is 25.7 Å². The lowest BCUT2D eigenvalue weighted by Gasteiger charge is -2.15. The molecule has 0 aliphatic carbocycles. The minimum absolute atomic E-state index is 0.0830. The van der Waals surface area contributed by atoms with Gasteiger partial charge < -0.3 is 0 Å². The van der Waals surface area contributed by atoms with Crippen molar-refractivity contribution >= 4 is 68.5 Å². The van der Waals surface area contributed by atoms with Crippen LogP contribution in [-0.4, -0.2) is 23.1 Å². The highest BCUT2D eigenvalue weighted by molar-refractivity contribution is 7.13. The second-order valence-corrected chi connectivity index (χ2v) is 14.4. The van der Waals surface area contributed by atoms with E-state index in [4.69, 9.17) is 0 Å². The zero-order valence-electron chi connectivity index (χ0n) is 25.0. The van der Waals surface area contributed by atoms with Gasteiger partial charge in [0.2, 0.25) is 0 Å². The number of benzene rings is 2. The smallest absolute Gasteiger partial charge is 0.173 e. The van der Waals surface area contributed by atoms with Crippen LogP contribution in [0.5, 0.6) is 0 Å². The highest BCUT2D eigenvalue weighted by Crippen LogP contribution is 2.30. The van der Waals surface area contributed by atoms with E-state index in [-0.39, 0.29) is 35.0 Å². The summed E-state index contributed by atoms with van der Waals surface area (Å²) in [6, 6.07) is 34.6. The van der Waals surface area contributed by atoms with Gasteiger partial charge in [-0.2, -0.15) is 0 Å². The number of ketones is 4. The number of thiophene rings is 4. The van der Waals surface area contributed by atoms with Crippen LogP contribution in [0.1, 0.15) is 87.3 Å². The lowest BCUT2D eigenvalue weighted by molar-refractivity contribution is 0.0932. The minimum Gasteiger partial charge on any atom is -0.293 e. The first-order valence-electron chi connectivity index (χ1n) is 14.8. The Morgan fingerprint density at radius 1 is 0.370 bits per heavy atom. The molecule has 0 radical (unpaired) electrons. The van der Waals surface area contributed by atoms with Crippen molar-refractivity contribution in [2.45, 2.75) is 37.5 Å². The molecular weight excluding hydrogens is 649 g/mol. The van der Waals surface area contributed by atoms with Gasteiger partial charge in [-0.3, -0.25) is 19.2 Å². The molecule has 6 rings (SSSR count). The molecule has 46 heavy (non-hydrogen) atoms. The highest BCUT2D eigenvalue weighted by atomic mass is 32.1. The maximum absolute atomic E-state index is 12.5. The summed E-state index contributed by atoms with van der Waals surface area (Å²) in [6.07, 6.45) is 1.45. The Bertz CT molecular complexity index is 1560. The van der Waals surface area contributed by atoms with E-state index in [1.54, 1.807) is 0 Å². The van der Waals surface area contributed by atoms with Gasteiger partial charge in [0.1, 0.15) is 0 Å². The van der Waals surface area contributed by atoms with Gasteiger partial charge in [-0.1, -0.05) is 84.9 Å². The van der Waals surface area contributed by atoms with Crippen LogP contribution in [0.4, 0.5) is 0 Å². The Morgan fingerprint density at radius 3 is 0.848 bits per heavy atom. The molecule has 4 aromatic heterocycles. The summed E-state index contributed by atoms with van der Waals surface area (Å²) >= 11 is 5.81. The molecule has 0 fully saturated rings. The van der Waals surface area contributed by atoms with Crippen molar-refractivity contribution in [3.8, 4) is 0 Å². The van der Waals surface area contributed by atoms with Crippen LogP contribution in [0.25, 0.3) is 0 Å². The van der Waals surface area contributed by atoms with Crippen molar-refractivity contribution in [3.05, 3.63) is 161 Å². The third-order valence-corrected chi connectivity index (χ3v) is 11.1. The number of Topliss-reactive ketones (excluding diaryl/α,β-unsaturated/α-hetero) is 4. The van der Waals surface area contributed by atoms with Gasteiger partial charge in [0, 0.05) is 25.7 Å². The van der Waals surface area contributed by atoms with Crippen LogP contribution in [-0.2, 0) is 0 Å². The summed E-state index contributed by atoms with van der Waals surface area (Å²) < 4.78 is 0. The van der Waals surface area contributed by atoms with Crippen LogP contribution in [0.2, 0.25) is 0 Å². The van der Waals surface area contributed by atoms with E-state index in [2.05, 4.69) is 0 Å². The van der Waals surface area contributed by atoms with Gasteiger partial charge >= 0.3 is 0 Å². The predicted octanol–water partition coefficient (Wildman–Crippen LogP) is 10.9. The van der Waals surface area contributed by atoms with E-state index in [0.717, 1.165) is 30.6 Å². The van der Waals surface area contributed by atoms with E-state index in [9.17, 15) is 19.2 Å². The molecule has 0 saturated carbocycles. The molecule has 0 spiro atoms. The zero-order chi connectivity index (χ0) is 32.1. The Kier molecular flexibility index (Phi) is 12.3. The van der Waals surface area contributed by atoms with Crippen molar-refractivity contribution < 1.29 is 19.2 Å². The van der Waals surface area contributed by atoms with E-state index < -0.39 is 0 Å². The molecule has 4 nitrogen and oxygen atoms in total. The third-order valence-electron chi connectivity index (χ3n) is 7.45. The topological polar surface area (TPSA) is 68.3 Å². The van der Waals surface area contributed by atoms with Gasteiger partial charge in [-0.15, -0.1) is 45.3 Å². The average Bonchev–Trinajstić information content (AvgIpc) is 3.92. The number of rotatable bonds is 14. The third kappa shape index (κ3) is 9.47. The lowest BCUT2D eigenvalue weighted by Crippen LogP contribution is -2.11. The van der Waals surface area contributed by atoms with Crippen LogP contribution in [0, 0.1) is 0 Å². The number of hydrogen-bond donors (Lipinski definition) is 0. The summed E-state index contributed by atoms with van der Waals surface area (Å²) in [4.78, 5) is 52.9. The maximum Gasteiger partial charge on any atom is 0.173 e. The van der Waals surface area contributed by atoms with Crippen LogP contribution in [0.15, 0.2) is 131 Å². The summed E-state index contributed by atoms with van der Waals surface area (Å²) in [5, 5.41) is 7.62. The quantitative estimate of drug-likeness (QED) is 0.107. The molecule has 232 valence electrons. The fourth-order valence-electron chi connectivity index (χ4n) is 5.11. The predicted molar refractivity (Wildman–Crippen MR) is 191 cm³/mol. The molecule has 6 aromatic rings. The summed E-state index contributed by atoms with van der Waals surface area (Å²) in [6.45, 7) is 0. The summed E-state index contributed by atoms with van der Waals surface area (Å²) in [7, 11) is 0. The molecule has 2 aromatic carbocycles. The van der Waals surface area contributed by atoms with Crippen molar-refractivity contribution in [1.82, 2.24) is 0 Å². The SMILES string of the molecule is O=C(CC(CC(=O)c1cccs1)c1ccccc1)c1cccs1.O=C(CC(CC(=O)c1cccs1)c1ccccc1)c1cccs1. The van der Waals surface area contributed by atoms with Gasteiger partial charge in [-0.25, -0.2) is 0 Å². The Balaban J connectivity index is 0.000000181. The fraction of sp³-hybridized carbons (Fsp3) is 0.158. The average molecular weight is 681 g/mol. The van der Waals surface area contributed by atoms with E-state index in [1.807, 2.05) is 131 Å². The summed E-state index contributed by atoms with van der Waals surface area (Å²) in [5.41, 5.74) is 2.09. The van der Waals surface area contributed by atoms with Gasteiger partial charge in [0.05, 0.1) is 19.5 Å². The van der Waals surface area contributed by atoms with Crippen molar-refractivity contribution in [2.24, 2.45) is 0 Å². The molecule has 0 N–H and O–H groups in total. The Labute approximate surface area is 285 Å². The molecule has 8 heteroatoms. The first-order chi connectivity index (χ1) is 22.5. The Morgan fingerprint density at radius 2 is 0.630 bits per heavy atom. The monoisotopic (exact) mass is 680 g/mol. The first-order valence-corrected chi connectivity index (χ1v) is 18.4. The Hall–Kier alpha value is -4.08. The maximum atomic E-state index is 12.5. The molecular formula is C38H32O4S4. The number of carbonyl (C=O) groups excluding carboxylic acids is 4. The second kappa shape index (κ2) is 17.0. The number of carbonyl (C=O) groups is 4. The highest BCUT2D eigenvalue weighted by Gasteiger charge is 2.23. The van der Waals surface area contributed by atoms with Crippen LogP contribution in [0.3, 0.4) is 0 Å². The van der Waals surface area contributed by atoms with Crippen LogP contribution < -0.4 is 0 Å².